The number of fused-ring (bicyclic) bond motifs is 5. The summed E-state index contributed by atoms with van der Waals surface area (Å²) in [6.45, 7) is 10.7. The van der Waals surface area contributed by atoms with E-state index in [0.29, 0.717) is 0 Å². The first-order chi connectivity index (χ1) is 21.6. The predicted molar refractivity (Wildman–Crippen MR) is 167 cm³/mol. The summed E-state index contributed by atoms with van der Waals surface area (Å²) in [5.41, 5.74) is -9.06. The Hall–Kier alpha value is -2.67. The van der Waals surface area contributed by atoms with Crippen LogP contribution in [0.2, 0.25) is 0 Å². The topological polar surface area (TPSA) is 183 Å². The molecule has 3 aliphatic carbocycles. The van der Waals surface area contributed by atoms with Crippen LogP contribution >= 0.6 is 0 Å². The molecule has 2 saturated carbocycles. The van der Waals surface area contributed by atoms with Gasteiger partial charge < -0.3 is 39.7 Å². The molecule has 4 aliphatic rings. The van der Waals surface area contributed by atoms with Crippen LogP contribution in [0.4, 0.5) is 0 Å². The molecule has 5 N–H and O–H groups in total. The van der Waals surface area contributed by atoms with Crippen molar-refractivity contribution in [1.29, 1.82) is 0 Å². The fraction of sp³-hybridized carbons (Fsp3) is 0.686. The van der Waals surface area contributed by atoms with E-state index in [1.165, 1.54) is 58.6 Å². The Morgan fingerprint density at radius 2 is 1.70 bits per heavy atom. The van der Waals surface area contributed by atoms with Crippen molar-refractivity contribution in [2.75, 3.05) is 6.61 Å². The SMILES string of the molecule is C=C(C)[C@@]1(O)[C@H](OC(=O)/C=C\C=C\CCCCCCCC)[C@@H]2[C@@H]3O[C@]3(CO)[C@@H](O)[C@]3(O)C(=O)C(C)=C[C@H]3[C@@]2(O)[C@H](C)[C@H]1OC(C)=O. The Morgan fingerprint density at radius 1 is 1.04 bits per heavy atom. The van der Waals surface area contributed by atoms with Gasteiger partial charge in [0.25, 0.3) is 0 Å². The third-order valence-electron chi connectivity index (χ3n) is 10.7. The van der Waals surface area contributed by atoms with Gasteiger partial charge in [-0.25, -0.2) is 4.79 Å². The molecule has 11 atom stereocenters. The van der Waals surface area contributed by atoms with E-state index in [1.54, 1.807) is 6.08 Å². The van der Waals surface area contributed by atoms with Crippen molar-refractivity contribution in [1.82, 2.24) is 0 Å². The first-order valence-electron chi connectivity index (χ1n) is 16.3. The lowest BCUT2D eigenvalue weighted by atomic mass is 9.53. The van der Waals surface area contributed by atoms with Gasteiger partial charge >= 0.3 is 11.9 Å². The first-order valence-corrected chi connectivity index (χ1v) is 16.3. The maximum Gasteiger partial charge on any atom is 0.331 e. The van der Waals surface area contributed by atoms with Gasteiger partial charge in [-0.1, -0.05) is 76.8 Å². The summed E-state index contributed by atoms with van der Waals surface area (Å²) < 4.78 is 17.4. The van der Waals surface area contributed by atoms with Gasteiger partial charge in [0.05, 0.1) is 18.1 Å². The summed E-state index contributed by atoms with van der Waals surface area (Å²) in [5, 5.41) is 59.1. The summed E-state index contributed by atoms with van der Waals surface area (Å²) in [6, 6.07) is 0. The average Bonchev–Trinajstić information content (AvgIpc) is 3.69. The van der Waals surface area contributed by atoms with Crippen LogP contribution in [-0.2, 0) is 28.6 Å². The van der Waals surface area contributed by atoms with Gasteiger partial charge in [0.1, 0.15) is 30.0 Å². The van der Waals surface area contributed by atoms with E-state index in [9.17, 15) is 39.9 Å². The minimum absolute atomic E-state index is 0.0396. The zero-order chi connectivity index (χ0) is 34.2. The number of unbranched alkanes of at least 4 members (excludes halogenated alkanes) is 6. The minimum atomic E-state index is -2.64. The van der Waals surface area contributed by atoms with Crippen molar-refractivity contribution in [2.45, 2.75) is 126 Å². The van der Waals surface area contributed by atoms with Crippen molar-refractivity contribution in [3.05, 3.63) is 48.1 Å². The first kappa shape index (κ1) is 36.2. The number of aliphatic hydroxyl groups excluding tert-OH is 2. The van der Waals surface area contributed by atoms with Gasteiger partial charge in [-0.05, 0) is 37.8 Å². The third-order valence-corrected chi connectivity index (χ3v) is 10.7. The molecule has 0 aromatic rings. The zero-order valence-electron chi connectivity index (χ0n) is 27.5. The Kier molecular flexibility index (Phi) is 10.6. The maximum atomic E-state index is 13.4. The van der Waals surface area contributed by atoms with Crippen molar-refractivity contribution >= 4 is 17.7 Å². The number of epoxide rings is 1. The van der Waals surface area contributed by atoms with Crippen molar-refractivity contribution in [3.63, 3.8) is 0 Å². The lowest BCUT2D eigenvalue weighted by Gasteiger charge is -2.59. The molecule has 0 aromatic heterocycles. The monoisotopic (exact) mass is 646 g/mol. The minimum Gasteiger partial charge on any atom is -0.459 e. The molecule has 11 heteroatoms. The van der Waals surface area contributed by atoms with Crippen molar-refractivity contribution in [2.24, 2.45) is 17.8 Å². The van der Waals surface area contributed by atoms with E-state index < -0.39 is 88.9 Å². The van der Waals surface area contributed by atoms with Gasteiger partial charge in [0, 0.05) is 24.8 Å². The van der Waals surface area contributed by atoms with E-state index in [0.717, 1.165) is 32.3 Å². The number of Topliss-reactive ketones (excluding diaryl/α,β-unsaturated/α-hetero) is 1. The summed E-state index contributed by atoms with van der Waals surface area (Å²) in [4.78, 5) is 39.1. The van der Waals surface area contributed by atoms with Gasteiger partial charge in [-0.2, -0.15) is 0 Å². The second-order valence-electron chi connectivity index (χ2n) is 13.6. The van der Waals surface area contributed by atoms with Gasteiger partial charge in [-0.3, -0.25) is 9.59 Å². The standard InChI is InChI=1S/C35H50O11/c1-7-8-9-10-11-12-13-14-15-16-17-25(38)45-30-26-29-32(19-36,46-29)31(40)35(43)24(18-21(4)27(35)39)34(26,42)22(5)28(44-23(6)37)33(30,41)20(2)3/h14-18,22,24,26,28-31,36,40-43H,2,7-13,19H2,1,3-6H3/b15-14+,17-16-/t22-,24+,26+,28-,29+,30-,31-,32+,33+,34+,35-/m1/s1. The highest BCUT2D eigenvalue weighted by Gasteiger charge is 2.85. The summed E-state index contributed by atoms with van der Waals surface area (Å²) in [6.07, 6.45) is 8.79. The quantitative estimate of drug-likeness (QED) is 0.0495. The molecule has 0 amide bonds. The largest absolute Gasteiger partial charge is 0.459 e. The number of allylic oxidation sites excluding steroid dienone is 3. The molecule has 0 spiro atoms. The van der Waals surface area contributed by atoms with Crippen LogP contribution in [0.5, 0.6) is 0 Å². The number of carbonyl (C=O) groups is 3. The molecule has 4 rings (SSSR count). The van der Waals surface area contributed by atoms with Gasteiger partial charge in [0.2, 0.25) is 0 Å². The molecule has 1 aliphatic heterocycles. The molecule has 256 valence electrons. The van der Waals surface area contributed by atoms with Crippen LogP contribution < -0.4 is 0 Å². The lowest BCUT2D eigenvalue weighted by molar-refractivity contribution is -0.287. The van der Waals surface area contributed by atoms with E-state index in [1.807, 2.05) is 6.08 Å². The Morgan fingerprint density at radius 3 is 2.30 bits per heavy atom. The number of hydrogen-bond donors (Lipinski definition) is 5. The van der Waals surface area contributed by atoms with Crippen LogP contribution in [0, 0.1) is 17.8 Å². The molecular formula is C35H50O11. The van der Waals surface area contributed by atoms with E-state index in [2.05, 4.69) is 13.5 Å². The van der Waals surface area contributed by atoms with Crippen molar-refractivity contribution in [3.8, 4) is 0 Å². The Balaban J connectivity index is 1.73. The molecule has 0 bridgehead atoms. The number of esters is 2. The van der Waals surface area contributed by atoms with Crippen LogP contribution in [0.1, 0.15) is 79.6 Å². The third kappa shape index (κ3) is 5.62. The fourth-order valence-corrected chi connectivity index (χ4v) is 8.11. The second kappa shape index (κ2) is 13.4. The molecule has 0 radical (unpaired) electrons. The van der Waals surface area contributed by atoms with Crippen LogP contribution in [0.15, 0.2) is 48.1 Å². The van der Waals surface area contributed by atoms with Crippen LogP contribution in [0.3, 0.4) is 0 Å². The molecule has 3 fully saturated rings. The number of rotatable bonds is 13. The van der Waals surface area contributed by atoms with Gasteiger partial charge in [0.15, 0.2) is 17.0 Å². The Bertz CT molecular complexity index is 1300. The Labute approximate surface area is 270 Å². The van der Waals surface area contributed by atoms with E-state index >= 15 is 0 Å². The number of ether oxygens (including phenoxy) is 3. The molecule has 0 aromatic carbocycles. The molecule has 1 heterocycles. The second-order valence-corrected chi connectivity index (χ2v) is 13.6. The van der Waals surface area contributed by atoms with Crippen LogP contribution in [-0.4, -0.2) is 96.7 Å². The highest BCUT2D eigenvalue weighted by Crippen LogP contribution is 2.66. The summed E-state index contributed by atoms with van der Waals surface area (Å²) in [7, 11) is 0. The average molecular weight is 647 g/mol. The predicted octanol–water partition coefficient (Wildman–Crippen LogP) is 2.38. The lowest BCUT2D eigenvalue weighted by Crippen LogP contribution is -2.76. The zero-order valence-corrected chi connectivity index (χ0v) is 27.5. The number of hydrogen-bond acceptors (Lipinski definition) is 11. The number of aliphatic hydroxyl groups is 5. The van der Waals surface area contributed by atoms with Crippen molar-refractivity contribution < 1.29 is 54.1 Å². The van der Waals surface area contributed by atoms with E-state index in [4.69, 9.17) is 14.2 Å². The smallest absolute Gasteiger partial charge is 0.331 e. The fourth-order valence-electron chi connectivity index (χ4n) is 8.11. The molecule has 1 saturated heterocycles. The maximum absolute atomic E-state index is 13.4. The van der Waals surface area contributed by atoms with Crippen LogP contribution in [0.25, 0.3) is 0 Å². The number of ketones is 1. The molecule has 11 nitrogen and oxygen atoms in total. The molecule has 0 unspecified atom stereocenters. The normalized spacial score (nSPS) is 41.4. The molecule has 46 heavy (non-hydrogen) atoms. The van der Waals surface area contributed by atoms with Gasteiger partial charge in [-0.15, -0.1) is 0 Å². The number of carbonyl (C=O) groups excluding carboxylic acids is 3. The highest BCUT2D eigenvalue weighted by atomic mass is 16.6. The summed E-state index contributed by atoms with van der Waals surface area (Å²) >= 11 is 0. The molecular weight excluding hydrogens is 596 g/mol. The summed E-state index contributed by atoms with van der Waals surface area (Å²) in [5.74, 6) is -6.79. The highest BCUT2D eigenvalue weighted by molar-refractivity contribution is 6.05. The van der Waals surface area contributed by atoms with E-state index in [-0.39, 0.29) is 11.1 Å².